The smallest absolute Gasteiger partial charge is 0.251 e. The number of ether oxygens (including phenoxy) is 1. The van der Waals surface area contributed by atoms with E-state index in [2.05, 4.69) is 15.3 Å². The number of rotatable bonds is 7. The van der Waals surface area contributed by atoms with Crippen molar-refractivity contribution in [2.75, 3.05) is 46.4 Å². The Morgan fingerprint density at radius 1 is 1.19 bits per heavy atom. The van der Waals surface area contributed by atoms with Crippen LogP contribution in [0.15, 0.2) is 30.3 Å². The van der Waals surface area contributed by atoms with Gasteiger partial charge in [0, 0.05) is 63.5 Å². The van der Waals surface area contributed by atoms with E-state index in [1.165, 1.54) is 0 Å². The van der Waals surface area contributed by atoms with Gasteiger partial charge in [-0.2, -0.15) is 5.10 Å². The van der Waals surface area contributed by atoms with E-state index in [0.717, 1.165) is 36.6 Å². The highest BCUT2D eigenvalue weighted by Crippen LogP contribution is 2.20. The summed E-state index contributed by atoms with van der Waals surface area (Å²) in [5.41, 5.74) is 2.16. The van der Waals surface area contributed by atoms with E-state index in [4.69, 9.17) is 16.3 Å². The molecule has 1 aromatic carbocycles. The van der Waals surface area contributed by atoms with Crippen LogP contribution in [0, 0.1) is 6.92 Å². The normalized spacial score (nSPS) is 14.8. The molecule has 9 heteroatoms. The number of carbonyl (C=O) groups is 2. The number of amides is 2. The number of hydrogen-bond donors (Lipinski definition) is 1. The molecule has 0 aliphatic carbocycles. The Kier molecular flexibility index (Phi) is 7.70. The molecule has 0 spiro atoms. The Morgan fingerprint density at radius 2 is 1.87 bits per heavy atom. The van der Waals surface area contributed by atoms with Gasteiger partial charge < -0.3 is 15.0 Å². The number of aromatic nitrogens is 2. The number of aryl methyl sites for hydroxylation is 2. The first-order chi connectivity index (χ1) is 14.9. The van der Waals surface area contributed by atoms with Crippen molar-refractivity contribution >= 4 is 29.5 Å². The van der Waals surface area contributed by atoms with Crippen LogP contribution >= 0.6 is 11.6 Å². The lowest BCUT2D eigenvalue weighted by molar-refractivity contribution is -0.127. The molecule has 1 aliphatic heterocycles. The molecule has 1 fully saturated rings. The number of nitrogens with one attached hydrogen (secondary N) is 1. The van der Waals surface area contributed by atoms with Crippen molar-refractivity contribution in [3.63, 3.8) is 0 Å². The molecule has 1 saturated heterocycles. The van der Waals surface area contributed by atoms with Gasteiger partial charge in [-0.15, -0.1) is 0 Å². The first-order valence-corrected chi connectivity index (χ1v) is 10.6. The van der Waals surface area contributed by atoms with Gasteiger partial charge >= 0.3 is 0 Å². The van der Waals surface area contributed by atoms with E-state index in [1.807, 2.05) is 11.8 Å². The Labute approximate surface area is 187 Å². The third kappa shape index (κ3) is 5.86. The predicted molar refractivity (Wildman–Crippen MR) is 120 cm³/mol. The van der Waals surface area contributed by atoms with Crippen LogP contribution in [0.4, 0.5) is 0 Å². The molecule has 166 valence electrons. The van der Waals surface area contributed by atoms with Gasteiger partial charge in [-0.1, -0.05) is 11.6 Å². The number of methoxy groups -OCH3 is 1. The molecule has 0 atom stereocenters. The number of piperazine rings is 1. The van der Waals surface area contributed by atoms with E-state index >= 15 is 0 Å². The molecule has 3 rings (SSSR count). The summed E-state index contributed by atoms with van der Waals surface area (Å²) >= 11 is 6.21. The number of carbonyl (C=O) groups excluding carboxylic acids is 2. The van der Waals surface area contributed by atoms with Crippen molar-refractivity contribution in [2.45, 2.75) is 6.92 Å². The van der Waals surface area contributed by atoms with Gasteiger partial charge in [-0.05, 0) is 37.3 Å². The summed E-state index contributed by atoms with van der Waals surface area (Å²) in [6.07, 6.45) is 3.29. The molecule has 2 heterocycles. The summed E-state index contributed by atoms with van der Waals surface area (Å²) in [6, 6.07) is 7.02. The summed E-state index contributed by atoms with van der Waals surface area (Å²) in [7, 11) is 3.36. The van der Waals surface area contributed by atoms with Crippen LogP contribution in [0.2, 0.25) is 5.15 Å². The second-order valence-electron chi connectivity index (χ2n) is 7.40. The van der Waals surface area contributed by atoms with Gasteiger partial charge in [0.05, 0.1) is 12.8 Å². The third-order valence-electron chi connectivity index (χ3n) is 5.34. The molecule has 1 aliphatic rings. The monoisotopic (exact) mass is 445 g/mol. The van der Waals surface area contributed by atoms with Crippen LogP contribution in [0.5, 0.6) is 5.75 Å². The number of hydrogen-bond acceptors (Lipinski definition) is 5. The highest BCUT2D eigenvalue weighted by atomic mass is 35.5. The Morgan fingerprint density at radius 3 is 2.45 bits per heavy atom. The number of halogens is 1. The molecular formula is C22H28ClN5O3. The minimum atomic E-state index is -0.106. The SMILES string of the molecule is COc1ccc(C(=O)NCCN2CCN(C(=O)C=Cc3c(C)nn(C)c3Cl)CC2)cc1. The summed E-state index contributed by atoms with van der Waals surface area (Å²) in [5, 5.41) is 7.70. The summed E-state index contributed by atoms with van der Waals surface area (Å²) in [4.78, 5) is 28.8. The Bertz CT molecular complexity index is 947. The van der Waals surface area contributed by atoms with Gasteiger partial charge in [0.25, 0.3) is 5.91 Å². The lowest BCUT2D eigenvalue weighted by Gasteiger charge is -2.34. The highest BCUT2D eigenvalue weighted by Gasteiger charge is 2.20. The van der Waals surface area contributed by atoms with Crippen molar-refractivity contribution in [1.82, 2.24) is 24.9 Å². The van der Waals surface area contributed by atoms with E-state index in [-0.39, 0.29) is 11.8 Å². The molecule has 0 bridgehead atoms. The molecule has 0 saturated carbocycles. The molecule has 2 amide bonds. The maximum Gasteiger partial charge on any atom is 0.251 e. The van der Waals surface area contributed by atoms with E-state index in [1.54, 1.807) is 55.3 Å². The van der Waals surface area contributed by atoms with Crippen LogP contribution < -0.4 is 10.1 Å². The van der Waals surface area contributed by atoms with Gasteiger partial charge in [0.1, 0.15) is 10.9 Å². The molecule has 1 aromatic heterocycles. The first-order valence-electron chi connectivity index (χ1n) is 10.2. The summed E-state index contributed by atoms with van der Waals surface area (Å²) < 4.78 is 6.69. The number of nitrogens with zero attached hydrogens (tertiary/aromatic N) is 4. The molecule has 8 nitrogen and oxygen atoms in total. The van der Waals surface area contributed by atoms with Gasteiger partial charge in [-0.3, -0.25) is 19.2 Å². The van der Waals surface area contributed by atoms with Gasteiger partial charge in [0.15, 0.2) is 0 Å². The van der Waals surface area contributed by atoms with Crippen LogP contribution in [0.1, 0.15) is 21.6 Å². The van der Waals surface area contributed by atoms with Crippen molar-refractivity contribution in [3.05, 3.63) is 52.3 Å². The van der Waals surface area contributed by atoms with Crippen molar-refractivity contribution in [3.8, 4) is 5.75 Å². The molecule has 1 N–H and O–H groups in total. The fourth-order valence-electron chi connectivity index (χ4n) is 3.46. The fourth-order valence-corrected chi connectivity index (χ4v) is 3.70. The second-order valence-corrected chi connectivity index (χ2v) is 7.76. The van der Waals surface area contributed by atoms with E-state index < -0.39 is 0 Å². The molecular weight excluding hydrogens is 418 g/mol. The zero-order valence-corrected chi connectivity index (χ0v) is 18.9. The van der Waals surface area contributed by atoms with Crippen LogP contribution in [-0.2, 0) is 11.8 Å². The van der Waals surface area contributed by atoms with Gasteiger partial charge in [-0.25, -0.2) is 0 Å². The summed E-state index contributed by atoms with van der Waals surface area (Å²) in [6.45, 7) is 5.99. The predicted octanol–water partition coefficient (Wildman–Crippen LogP) is 1.98. The first kappa shape index (κ1) is 22.8. The van der Waals surface area contributed by atoms with Crippen LogP contribution in [-0.4, -0.2) is 77.8 Å². The average molecular weight is 446 g/mol. The Balaban J connectivity index is 1.40. The molecule has 31 heavy (non-hydrogen) atoms. The molecule has 0 unspecified atom stereocenters. The lowest BCUT2D eigenvalue weighted by atomic mass is 10.2. The van der Waals surface area contributed by atoms with Crippen LogP contribution in [0.25, 0.3) is 6.08 Å². The molecule has 2 aromatic rings. The van der Waals surface area contributed by atoms with Gasteiger partial charge in [0.2, 0.25) is 5.91 Å². The van der Waals surface area contributed by atoms with Crippen molar-refractivity contribution in [2.24, 2.45) is 7.05 Å². The zero-order valence-electron chi connectivity index (χ0n) is 18.1. The van der Waals surface area contributed by atoms with E-state index in [9.17, 15) is 9.59 Å². The third-order valence-corrected chi connectivity index (χ3v) is 5.79. The second kappa shape index (κ2) is 10.5. The quantitative estimate of drug-likeness (QED) is 0.659. The minimum absolute atomic E-state index is 0.0354. The molecule has 0 radical (unpaired) electrons. The number of benzene rings is 1. The maximum absolute atomic E-state index is 12.5. The minimum Gasteiger partial charge on any atom is -0.497 e. The van der Waals surface area contributed by atoms with Crippen molar-refractivity contribution < 1.29 is 14.3 Å². The largest absolute Gasteiger partial charge is 0.497 e. The standard InChI is InChI=1S/C22H28ClN5O3/c1-16-19(21(23)26(2)25-16)8-9-20(29)28-14-12-27(13-15-28)11-10-24-22(30)17-4-6-18(31-3)7-5-17/h4-9H,10-15H2,1-3H3,(H,24,30). The van der Waals surface area contributed by atoms with Crippen molar-refractivity contribution in [1.29, 1.82) is 0 Å². The zero-order chi connectivity index (χ0) is 22.4. The highest BCUT2D eigenvalue weighted by molar-refractivity contribution is 6.31. The van der Waals surface area contributed by atoms with Crippen LogP contribution in [0.3, 0.4) is 0 Å². The maximum atomic E-state index is 12.5. The lowest BCUT2D eigenvalue weighted by Crippen LogP contribution is -2.49. The average Bonchev–Trinajstić information content (AvgIpc) is 3.03. The summed E-state index contributed by atoms with van der Waals surface area (Å²) in [5.74, 6) is 0.579. The Hall–Kier alpha value is -2.84. The van der Waals surface area contributed by atoms with E-state index in [0.29, 0.717) is 30.4 Å². The fraction of sp³-hybridized carbons (Fsp3) is 0.409. The topological polar surface area (TPSA) is 79.7 Å².